The standard InChI is InChI=1S/C26H31Cl2N5O6S/c1-26(2,3)38-25(35)33-13-10-16(11-14-33)9-12-29-24(34)32-23-30-20-8-7-17(15-21(20)31-23)39-40(36,37)22-18(27)5-4-6-19(22)28/h4-8,15-16H,9-14H2,1-3H3,(H3,29,30,31,32,34). The van der Waals surface area contributed by atoms with Gasteiger partial charge in [0.05, 0.1) is 21.1 Å². The number of likely N-dealkylation sites (tertiary alicyclic amines) is 1. The smallest absolute Gasteiger partial charge is 0.410 e. The van der Waals surface area contributed by atoms with Crippen molar-refractivity contribution in [2.24, 2.45) is 5.92 Å². The summed E-state index contributed by atoms with van der Waals surface area (Å²) in [5.41, 5.74) is 0.422. The zero-order valence-corrected chi connectivity index (χ0v) is 24.6. The third kappa shape index (κ3) is 7.70. The SMILES string of the molecule is CC(C)(C)OC(=O)N1CCC(CCNC(=O)Nc2nc3ccc(OS(=O)(=O)c4c(Cl)cccc4Cl)cc3[nH]2)CC1. The van der Waals surface area contributed by atoms with Crippen LogP contribution >= 0.6 is 23.2 Å². The zero-order valence-electron chi connectivity index (χ0n) is 22.3. The van der Waals surface area contributed by atoms with Crippen molar-refractivity contribution in [3.63, 3.8) is 0 Å². The minimum atomic E-state index is -4.29. The van der Waals surface area contributed by atoms with Gasteiger partial charge in [-0.2, -0.15) is 8.42 Å². The van der Waals surface area contributed by atoms with Gasteiger partial charge in [-0.3, -0.25) is 5.32 Å². The number of hydrogen-bond donors (Lipinski definition) is 3. The number of nitrogens with one attached hydrogen (secondary N) is 3. The fourth-order valence-corrected chi connectivity index (χ4v) is 6.28. The highest BCUT2D eigenvalue weighted by Crippen LogP contribution is 2.32. The first-order valence-electron chi connectivity index (χ1n) is 12.7. The van der Waals surface area contributed by atoms with Gasteiger partial charge in [0.2, 0.25) is 5.95 Å². The first-order valence-corrected chi connectivity index (χ1v) is 14.9. The highest BCUT2D eigenvalue weighted by molar-refractivity contribution is 7.87. The molecule has 0 atom stereocenters. The van der Waals surface area contributed by atoms with Crippen molar-refractivity contribution in [3.8, 4) is 5.75 Å². The number of piperidine rings is 1. The third-order valence-electron chi connectivity index (χ3n) is 6.16. The number of benzene rings is 2. The maximum absolute atomic E-state index is 12.7. The molecule has 0 radical (unpaired) electrons. The number of imidazole rings is 1. The Bertz CT molecular complexity index is 1480. The molecule has 1 aliphatic heterocycles. The molecule has 3 aromatic rings. The summed E-state index contributed by atoms with van der Waals surface area (Å²) >= 11 is 12.0. The van der Waals surface area contributed by atoms with E-state index in [9.17, 15) is 18.0 Å². The van der Waals surface area contributed by atoms with Crippen LogP contribution in [-0.4, -0.2) is 60.6 Å². The van der Waals surface area contributed by atoms with Crippen molar-refractivity contribution >= 4 is 62.4 Å². The van der Waals surface area contributed by atoms with Crippen molar-refractivity contribution in [2.45, 2.75) is 50.5 Å². The Balaban J connectivity index is 1.26. The molecule has 1 aromatic heterocycles. The summed E-state index contributed by atoms with van der Waals surface area (Å²) in [7, 11) is -4.29. The maximum Gasteiger partial charge on any atom is 0.410 e. The average molecular weight is 613 g/mol. The van der Waals surface area contributed by atoms with Crippen LogP contribution in [0.15, 0.2) is 41.3 Å². The summed E-state index contributed by atoms with van der Waals surface area (Å²) in [6.45, 7) is 7.26. The fourth-order valence-electron chi connectivity index (χ4n) is 4.26. The van der Waals surface area contributed by atoms with Gasteiger partial charge in [-0.25, -0.2) is 14.6 Å². The van der Waals surface area contributed by atoms with E-state index in [0.717, 1.165) is 19.3 Å². The minimum Gasteiger partial charge on any atom is -0.444 e. The molecule has 0 bridgehead atoms. The van der Waals surface area contributed by atoms with Crippen LogP contribution in [0.4, 0.5) is 15.5 Å². The van der Waals surface area contributed by atoms with E-state index in [-0.39, 0.29) is 32.7 Å². The molecule has 1 fully saturated rings. The van der Waals surface area contributed by atoms with E-state index in [2.05, 4.69) is 20.6 Å². The Hall–Kier alpha value is -3.22. The zero-order chi connectivity index (χ0) is 29.1. The molecule has 0 aliphatic carbocycles. The summed E-state index contributed by atoms with van der Waals surface area (Å²) in [6.07, 6.45) is 2.17. The summed E-state index contributed by atoms with van der Waals surface area (Å²) in [5, 5.41) is 5.34. The van der Waals surface area contributed by atoms with Gasteiger partial charge >= 0.3 is 22.2 Å². The number of hydrogen-bond acceptors (Lipinski definition) is 7. The Labute approximate surface area is 242 Å². The molecule has 0 saturated carbocycles. The van der Waals surface area contributed by atoms with Gasteiger partial charge in [0.25, 0.3) is 0 Å². The van der Waals surface area contributed by atoms with Gasteiger partial charge in [0, 0.05) is 25.7 Å². The van der Waals surface area contributed by atoms with E-state index in [1.807, 2.05) is 20.8 Å². The Kier molecular flexibility index (Phi) is 9.01. The quantitative estimate of drug-likeness (QED) is 0.287. The molecule has 4 rings (SSSR count). The highest BCUT2D eigenvalue weighted by atomic mass is 35.5. The number of anilines is 1. The number of nitrogens with zero attached hydrogens (tertiary/aromatic N) is 2. The number of carbonyl (C=O) groups is 2. The maximum atomic E-state index is 12.7. The monoisotopic (exact) mass is 611 g/mol. The minimum absolute atomic E-state index is 0.0147. The number of aromatic nitrogens is 2. The van der Waals surface area contributed by atoms with Crippen LogP contribution in [0.3, 0.4) is 0 Å². The van der Waals surface area contributed by atoms with Crippen molar-refractivity contribution < 1.29 is 26.9 Å². The Morgan fingerprint density at radius 2 is 1.80 bits per heavy atom. The lowest BCUT2D eigenvalue weighted by Crippen LogP contribution is -2.42. The number of aromatic amines is 1. The lowest BCUT2D eigenvalue weighted by molar-refractivity contribution is 0.0182. The predicted molar refractivity (Wildman–Crippen MR) is 153 cm³/mol. The number of rotatable bonds is 7. The lowest BCUT2D eigenvalue weighted by Gasteiger charge is -2.33. The van der Waals surface area contributed by atoms with E-state index in [1.165, 1.54) is 30.3 Å². The van der Waals surface area contributed by atoms with E-state index in [1.54, 1.807) is 11.0 Å². The summed E-state index contributed by atoms with van der Waals surface area (Å²) in [4.78, 5) is 33.2. The first kappa shape index (κ1) is 29.8. The Morgan fingerprint density at radius 3 is 2.45 bits per heavy atom. The number of H-pyrrole nitrogens is 1. The summed E-state index contributed by atoms with van der Waals surface area (Å²) in [5.74, 6) is 0.591. The number of amides is 3. The van der Waals surface area contributed by atoms with Gasteiger partial charge < -0.3 is 24.1 Å². The van der Waals surface area contributed by atoms with Crippen LogP contribution in [-0.2, 0) is 14.9 Å². The molecule has 0 spiro atoms. The predicted octanol–water partition coefficient (Wildman–Crippen LogP) is 5.80. The third-order valence-corrected chi connectivity index (χ3v) is 8.37. The van der Waals surface area contributed by atoms with Gasteiger partial charge in [-0.05, 0) is 70.2 Å². The van der Waals surface area contributed by atoms with E-state index < -0.39 is 21.8 Å². The number of urea groups is 1. The van der Waals surface area contributed by atoms with Crippen molar-refractivity contribution in [2.75, 3.05) is 25.0 Å². The number of ether oxygens (including phenoxy) is 1. The van der Waals surface area contributed by atoms with Crippen LogP contribution in [0.1, 0.15) is 40.0 Å². The second kappa shape index (κ2) is 12.1. The van der Waals surface area contributed by atoms with E-state index in [4.69, 9.17) is 32.1 Å². The molecule has 14 heteroatoms. The molecule has 1 aliphatic rings. The van der Waals surface area contributed by atoms with Crippen molar-refractivity contribution in [1.82, 2.24) is 20.2 Å². The first-order chi connectivity index (χ1) is 18.8. The lowest BCUT2D eigenvalue weighted by atomic mass is 9.94. The number of fused-ring (bicyclic) bond motifs is 1. The summed E-state index contributed by atoms with van der Waals surface area (Å²) in [6, 6.07) is 8.33. The highest BCUT2D eigenvalue weighted by Gasteiger charge is 2.27. The molecule has 3 amide bonds. The topological polar surface area (TPSA) is 143 Å². The van der Waals surface area contributed by atoms with Gasteiger partial charge in [0.15, 0.2) is 0 Å². The largest absolute Gasteiger partial charge is 0.444 e. The summed E-state index contributed by atoms with van der Waals surface area (Å²) < 4.78 is 36.1. The van der Waals surface area contributed by atoms with Crippen LogP contribution in [0.2, 0.25) is 10.0 Å². The van der Waals surface area contributed by atoms with Gasteiger partial charge in [-0.15, -0.1) is 0 Å². The average Bonchev–Trinajstić information content (AvgIpc) is 3.24. The second-order valence-corrected chi connectivity index (χ2v) is 12.7. The molecule has 2 aromatic carbocycles. The van der Waals surface area contributed by atoms with Crippen molar-refractivity contribution in [1.29, 1.82) is 0 Å². The molecular weight excluding hydrogens is 581 g/mol. The molecule has 2 heterocycles. The van der Waals surface area contributed by atoms with Crippen LogP contribution < -0.4 is 14.8 Å². The number of carbonyl (C=O) groups excluding carboxylic acids is 2. The number of halogens is 2. The molecule has 0 unspecified atom stereocenters. The van der Waals surface area contributed by atoms with Crippen LogP contribution in [0.25, 0.3) is 11.0 Å². The van der Waals surface area contributed by atoms with Crippen molar-refractivity contribution in [3.05, 3.63) is 46.4 Å². The van der Waals surface area contributed by atoms with E-state index in [0.29, 0.717) is 36.6 Å². The molecular formula is C26H31Cl2N5O6S. The normalized spacial score (nSPS) is 14.7. The van der Waals surface area contributed by atoms with Crippen LogP contribution in [0, 0.1) is 5.92 Å². The van der Waals surface area contributed by atoms with Gasteiger partial charge in [-0.1, -0.05) is 29.3 Å². The molecule has 11 nitrogen and oxygen atoms in total. The molecule has 40 heavy (non-hydrogen) atoms. The molecule has 3 N–H and O–H groups in total. The molecule has 216 valence electrons. The fraction of sp³-hybridized carbons (Fsp3) is 0.423. The van der Waals surface area contributed by atoms with E-state index >= 15 is 0 Å². The van der Waals surface area contributed by atoms with Gasteiger partial charge in [0.1, 0.15) is 16.2 Å². The van der Waals surface area contributed by atoms with Crippen LogP contribution in [0.5, 0.6) is 5.75 Å². The molecule has 1 saturated heterocycles. The Morgan fingerprint density at radius 1 is 1.12 bits per heavy atom. The second-order valence-electron chi connectivity index (χ2n) is 10.4.